The fourth-order valence-corrected chi connectivity index (χ4v) is 5.29. The Kier molecular flexibility index (Phi) is 10.3. The van der Waals surface area contributed by atoms with E-state index in [4.69, 9.17) is 0 Å². The van der Waals surface area contributed by atoms with Crippen molar-refractivity contribution < 1.29 is 19.8 Å². The van der Waals surface area contributed by atoms with Crippen LogP contribution in [0.15, 0.2) is 146 Å². The summed E-state index contributed by atoms with van der Waals surface area (Å²) in [6.07, 6.45) is -1.04. The van der Waals surface area contributed by atoms with E-state index in [0.29, 0.717) is 35.1 Å². The van der Waals surface area contributed by atoms with Gasteiger partial charge in [0.15, 0.2) is 0 Å². The summed E-state index contributed by atoms with van der Waals surface area (Å²) in [6, 6.07) is 43.1. The molecule has 0 saturated carbocycles. The second-order valence-electron chi connectivity index (χ2n) is 10.8. The van der Waals surface area contributed by atoms with Gasteiger partial charge in [-0.2, -0.15) is 0 Å². The lowest BCUT2D eigenvalue weighted by molar-refractivity contribution is 0.0829. The van der Waals surface area contributed by atoms with Gasteiger partial charge in [0.05, 0.1) is 24.3 Å². The zero-order chi connectivity index (χ0) is 30.7. The highest BCUT2D eigenvalue weighted by atomic mass is 16.3. The summed E-state index contributed by atoms with van der Waals surface area (Å²) in [5.74, 6) is -0.804. The number of carbonyl (C=O) groups is 2. The zero-order valence-electron chi connectivity index (χ0n) is 24.3. The van der Waals surface area contributed by atoms with E-state index in [1.807, 2.05) is 121 Å². The average molecular weight is 585 g/mol. The molecule has 0 aliphatic heterocycles. The molecule has 6 heteroatoms. The van der Waals surface area contributed by atoms with Crippen LogP contribution in [0.4, 0.5) is 0 Å². The van der Waals surface area contributed by atoms with Crippen molar-refractivity contribution >= 4 is 11.8 Å². The van der Waals surface area contributed by atoms with E-state index in [1.165, 1.54) is 6.07 Å². The lowest BCUT2D eigenvalue weighted by atomic mass is 9.95. The molecule has 0 aromatic heterocycles. The standard InChI is InChI=1S/C38H36N2O4/c41-35(29-18-9-3-10-19-29)33(24-27-14-5-1-6-15-27)39-37(43)31-22-13-23-32(26-31)38(44)40-34(25-28-16-7-2-8-17-28)36(42)30-20-11-4-12-21-30/h1-23,26,33-36,41-42H,24-25H2,(H,39,43)(H,40,44)/t33-,34-,35-,36-/m0/s1. The quantitative estimate of drug-likeness (QED) is 0.148. The van der Waals surface area contributed by atoms with Crippen LogP contribution in [0, 0.1) is 0 Å². The number of nitrogens with one attached hydrogen (secondary N) is 2. The second-order valence-corrected chi connectivity index (χ2v) is 10.8. The van der Waals surface area contributed by atoms with E-state index < -0.39 is 36.1 Å². The van der Waals surface area contributed by atoms with Crippen LogP contribution in [-0.2, 0) is 12.8 Å². The maximum atomic E-state index is 13.5. The summed E-state index contributed by atoms with van der Waals surface area (Å²) in [5, 5.41) is 28.5. The monoisotopic (exact) mass is 584 g/mol. The van der Waals surface area contributed by atoms with Gasteiger partial charge >= 0.3 is 0 Å². The summed E-state index contributed by atoms with van der Waals surface area (Å²) < 4.78 is 0. The van der Waals surface area contributed by atoms with E-state index in [0.717, 1.165) is 11.1 Å². The molecule has 4 atom stereocenters. The zero-order valence-corrected chi connectivity index (χ0v) is 24.3. The van der Waals surface area contributed by atoms with E-state index in [2.05, 4.69) is 10.6 Å². The van der Waals surface area contributed by atoms with Crippen molar-refractivity contribution in [1.29, 1.82) is 0 Å². The van der Waals surface area contributed by atoms with Crippen molar-refractivity contribution in [2.45, 2.75) is 37.1 Å². The Balaban J connectivity index is 1.34. The maximum Gasteiger partial charge on any atom is 0.251 e. The van der Waals surface area contributed by atoms with Crippen LogP contribution < -0.4 is 10.6 Å². The minimum Gasteiger partial charge on any atom is -0.386 e. The highest BCUT2D eigenvalue weighted by Crippen LogP contribution is 2.22. The fourth-order valence-electron chi connectivity index (χ4n) is 5.29. The molecule has 0 aliphatic rings. The van der Waals surface area contributed by atoms with Gasteiger partial charge in [0.25, 0.3) is 11.8 Å². The molecule has 6 nitrogen and oxygen atoms in total. The molecule has 0 radical (unpaired) electrons. The molecule has 0 fully saturated rings. The van der Waals surface area contributed by atoms with Gasteiger partial charge in [0, 0.05) is 11.1 Å². The molecule has 5 rings (SSSR count). The normalized spacial score (nSPS) is 13.7. The third-order valence-corrected chi connectivity index (χ3v) is 7.66. The van der Waals surface area contributed by atoms with Crippen LogP contribution in [0.5, 0.6) is 0 Å². The van der Waals surface area contributed by atoms with Gasteiger partial charge in [-0.25, -0.2) is 0 Å². The molecule has 222 valence electrons. The first kappa shape index (κ1) is 30.4. The highest BCUT2D eigenvalue weighted by molar-refractivity contribution is 6.00. The lowest BCUT2D eigenvalue weighted by Crippen LogP contribution is -2.42. The molecule has 0 saturated heterocycles. The molecule has 5 aromatic rings. The topological polar surface area (TPSA) is 98.7 Å². The van der Waals surface area contributed by atoms with Crippen LogP contribution >= 0.6 is 0 Å². The molecule has 4 N–H and O–H groups in total. The summed E-state index contributed by atoms with van der Waals surface area (Å²) >= 11 is 0. The Morgan fingerprint density at radius 3 is 1.18 bits per heavy atom. The van der Waals surface area contributed by atoms with Gasteiger partial charge in [-0.05, 0) is 53.3 Å². The fraction of sp³-hybridized carbons (Fsp3) is 0.158. The van der Waals surface area contributed by atoms with Crippen LogP contribution in [-0.4, -0.2) is 34.1 Å². The average Bonchev–Trinajstić information content (AvgIpc) is 3.08. The molecule has 0 bridgehead atoms. The van der Waals surface area contributed by atoms with Crippen molar-refractivity contribution in [3.63, 3.8) is 0 Å². The van der Waals surface area contributed by atoms with Crippen molar-refractivity contribution in [3.05, 3.63) is 179 Å². The van der Waals surface area contributed by atoms with Crippen molar-refractivity contribution in [2.75, 3.05) is 0 Å². The van der Waals surface area contributed by atoms with Crippen LogP contribution in [0.2, 0.25) is 0 Å². The molecule has 0 spiro atoms. The summed E-state index contributed by atoms with van der Waals surface area (Å²) in [5.41, 5.74) is 3.93. The molecular formula is C38H36N2O4. The maximum absolute atomic E-state index is 13.5. The first-order chi connectivity index (χ1) is 21.5. The summed E-state index contributed by atoms with van der Waals surface area (Å²) in [6.45, 7) is 0. The predicted molar refractivity (Wildman–Crippen MR) is 172 cm³/mol. The highest BCUT2D eigenvalue weighted by Gasteiger charge is 2.26. The number of amides is 2. The summed E-state index contributed by atoms with van der Waals surface area (Å²) in [4.78, 5) is 27.0. The minimum absolute atomic E-state index is 0.291. The Labute approximate surface area is 258 Å². The van der Waals surface area contributed by atoms with Crippen LogP contribution in [0.1, 0.15) is 55.2 Å². The lowest BCUT2D eigenvalue weighted by Gasteiger charge is -2.26. The Bertz CT molecular complexity index is 1510. The molecule has 44 heavy (non-hydrogen) atoms. The number of hydrogen-bond donors (Lipinski definition) is 4. The smallest absolute Gasteiger partial charge is 0.251 e. The number of carbonyl (C=O) groups excluding carboxylic acids is 2. The van der Waals surface area contributed by atoms with Crippen molar-refractivity contribution in [3.8, 4) is 0 Å². The summed E-state index contributed by atoms with van der Waals surface area (Å²) in [7, 11) is 0. The minimum atomic E-state index is -0.940. The number of benzene rings is 5. The number of hydrogen-bond acceptors (Lipinski definition) is 4. The Morgan fingerprint density at radius 1 is 0.477 bits per heavy atom. The van der Waals surface area contributed by atoms with Gasteiger partial charge in [-0.15, -0.1) is 0 Å². The predicted octanol–water partition coefficient (Wildman–Crippen LogP) is 5.84. The Morgan fingerprint density at radius 2 is 0.818 bits per heavy atom. The molecule has 5 aromatic carbocycles. The molecule has 2 amide bonds. The van der Waals surface area contributed by atoms with E-state index >= 15 is 0 Å². The number of rotatable bonds is 12. The van der Waals surface area contributed by atoms with Gasteiger partial charge in [-0.1, -0.05) is 127 Å². The molecule has 0 heterocycles. The second kappa shape index (κ2) is 14.9. The number of aliphatic hydroxyl groups excluding tert-OH is 2. The van der Waals surface area contributed by atoms with E-state index in [1.54, 1.807) is 18.2 Å². The van der Waals surface area contributed by atoms with Crippen LogP contribution in [0.25, 0.3) is 0 Å². The molecular weight excluding hydrogens is 548 g/mol. The third-order valence-electron chi connectivity index (χ3n) is 7.66. The first-order valence-corrected chi connectivity index (χ1v) is 14.7. The first-order valence-electron chi connectivity index (χ1n) is 14.7. The van der Waals surface area contributed by atoms with Gasteiger partial charge < -0.3 is 20.8 Å². The Hall–Kier alpha value is -5.04. The van der Waals surface area contributed by atoms with E-state index in [9.17, 15) is 19.8 Å². The van der Waals surface area contributed by atoms with E-state index in [-0.39, 0.29) is 0 Å². The van der Waals surface area contributed by atoms with Gasteiger partial charge in [0.2, 0.25) is 0 Å². The van der Waals surface area contributed by atoms with Crippen LogP contribution in [0.3, 0.4) is 0 Å². The van der Waals surface area contributed by atoms with Gasteiger partial charge in [0.1, 0.15) is 0 Å². The van der Waals surface area contributed by atoms with Crippen molar-refractivity contribution in [1.82, 2.24) is 10.6 Å². The molecule has 0 aliphatic carbocycles. The largest absolute Gasteiger partial charge is 0.386 e. The number of aliphatic hydroxyl groups is 2. The molecule has 0 unspecified atom stereocenters. The van der Waals surface area contributed by atoms with Crippen molar-refractivity contribution in [2.24, 2.45) is 0 Å². The SMILES string of the molecule is O=C(N[C@@H](Cc1ccccc1)[C@@H](O)c1ccccc1)c1cccc(C(=O)N[C@@H](Cc2ccccc2)[C@@H](O)c2ccccc2)c1. The van der Waals surface area contributed by atoms with Gasteiger partial charge in [-0.3, -0.25) is 9.59 Å². The third kappa shape index (κ3) is 8.07.